The van der Waals surface area contributed by atoms with Gasteiger partial charge in [-0.15, -0.1) is 0 Å². The van der Waals surface area contributed by atoms with Gasteiger partial charge in [0.1, 0.15) is 5.76 Å². The van der Waals surface area contributed by atoms with Crippen LogP contribution in [-0.4, -0.2) is 61.4 Å². The summed E-state index contributed by atoms with van der Waals surface area (Å²) in [5, 5.41) is 6.22. The maximum atomic E-state index is 12.6. The fourth-order valence-electron chi connectivity index (χ4n) is 3.43. The largest absolute Gasteiger partial charge is 0.383 e. The number of sulfonamides is 1. The average Bonchev–Trinajstić information content (AvgIpc) is 3.31. The Morgan fingerprint density at radius 1 is 1.46 bits per heavy atom. The van der Waals surface area contributed by atoms with Gasteiger partial charge in [0.15, 0.2) is 5.69 Å². The molecule has 3 atom stereocenters. The van der Waals surface area contributed by atoms with Crippen LogP contribution in [0.3, 0.4) is 0 Å². The number of nitrogens with zero attached hydrogens (tertiary/aromatic N) is 2. The maximum Gasteiger partial charge on any atom is 0.273 e. The number of carbonyl (C=O) groups is 1. The summed E-state index contributed by atoms with van der Waals surface area (Å²) in [6.45, 7) is 4.08. The molecule has 26 heavy (non-hydrogen) atoms. The third-order valence-electron chi connectivity index (χ3n) is 5.13. The van der Waals surface area contributed by atoms with Crippen LogP contribution < -0.4 is 5.32 Å². The van der Waals surface area contributed by atoms with E-state index in [0.29, 0.717) is 31.0 Å². The normalized spacial score (nSPS) is 25.8. The molecule has 146 valence electrons. The molecule has 1 unspecified atom stereocenters. The molecule has 1 aromatic rings. The van der Waals surface area contributed by atoms with Crippen LogP contribution in [0.15, 0.2) is 10.6 Å². The lowest BCUT2D eigenvalue weighted by Crippen LogP contribution is -2.53. The highest BCUT2D eigenvalue weighted by molar-refractivity contribution is 7.89. The van der Waals surface area contributed by atoms with Crippen LogP contribution in [0, 0.1) is 0 Å². The van der Waals surface area contributed by atoms with E-state index in [2.05, 4.69) is 10.5 Å². The van der Waals surface area contributed by atoms with Crippen molar-refractivity contribution in [2.75, 3.05) is 20.3 Å². The lowest BCUT2D eigenvalue weighted by molar-refractivity contribution is 0.0904. The second-order valence-electron chi connectivity index (χ2n) is 7.35. The summed E-state index contributed by atoms with van der Waals surface area (Å²) in [4.78, 5) is 12.4. The number of hydrogen-bond donors (Lipinski definition) is 1. The summed E-state index contributed by atoms with van der Waals surface area (Å²) in [5.74, 6) is 0.921. The molecule has 1 aliphatic carbocycles. The molecular formula is C17H27N3O5S. The Morgan fingerprint density at radius 2 is 2.19 bits per heavy atom. The van der Waals surface area contributed by atoms with E-state index >= 15 is 0 Å². The Labute approximate surface area is 154 Å². The van der Waals surface area contributed by atoms with E-state index in [0.717, 1.165) is 18.6 Å². The second-order valence-corrected chi connectivity index (χ2v) is 9.66. The minimum absolute atomic E-state index is 0.0808. The Balaban J connectivity index is 1.57. The first-order chi connectivity index (χ1) is 12.3. The zero-order valence-electron chi connectivity index (χ0n) is 15.5. The molecule has 2 fully saturated rings. The van der Waals surface area contributed by atoms with Gasteiger partial charge in [-0.05, 0) is 39.5 Å². The molecule has 0 spiro atoms. The fraction of sp³-hybridized carbons (Fsp3) is 0.765. The van der Waals surface area contributed by atoms with Crippen LogP contribution in [0.4, 0.5) is 0 Å². The lowest BCUT2D eigenvalue weighted by atomic mass is 10.0. The number of carbonyl (C=O) groups excluding carboxylic acids is 1. The molecule has 3 rings (SSSR count). The summed E-state index contributed by atoms with van der Waals surface area (Å²) in [7, 11) is -1.91. The standard InChI is InChI=1S/C17H27N3O5S/c1-11-8-14(6-7-20(11)26(22,23)12(2)10-24-3)18-17(21)15-9-16(25-19-15)13-4-5-13/h9,11-14H,4-8,10H2,1-3H3,(H,18,21)/t11-,12?,14-/m0/s1. The summed E-state index contributed by atoms with van der Waals surface area (Å²) in [6, 6.07) is 1.45. The SMILES string of the molecule is COCC(C)S(=O)(=O)N1CC[C@H](NC(=O)c2cc(C3CC3)on2)C[C@@H]1C. The molecule has 1 aliphatic heterocycles. The van der Waals surface area contributed by atoms with Crippen molar-refractivity contribution in [2.45, 2.75) is 62.8 Å². The van der Waals surface area contributed by atoms with Crippen LogP contribution in [0.25, 0.3) is 0 Å². The van der Waals surface area contributed by atoms with E-state index in [4.69, 9.17) is 9.26 Å². The maximum absolute atomic E-state index is 12.6. The third kappa shape index (κ3) is 4.10. The van der Waals surface area contributed by atoms with Gasteiger partial charge < -0.3 is 14.6 Å². The highest BCUT2D eigenvalue weighted by Gasteiger charge is 2.37. The quantitative estimate of drug-likeness (QED) is 0.763. The van der Waals surface area contributed by atoms with Crippen molar-refractivity contribution < 1.29 is 22.5 Å². The summed E-state index contributed by atoms with van der Waals surface area (Å²) >= 11 is 0. The van der Waals surface area contributed by atoms with Crippen molar-refractivity contribution in [3.63, 3.8) is 0 Å². The van der Waals surface area contributed by atoms with Gasteiger partial charge in [-0.1, -0.05) is 5.16 Å². The van der Waals surface area contributed by atoms with Gasteiger partial charge in [0, 0.05) is 37.7 Å². The number of methoxy groups -OCH3 is 1. The van der Waals surface area contributed by atoms with Crippen LogP contribution in [0.2, 0.25) is 0 Å². The Hall–Kier alpha value is -1.45. The zero-order chi connectivity index (χ0) is 18.9. The minimum Gasteiger partial charge on any atom is -0.383 e. The molecule has 1 amide bonds. The Bertz CT molecular complexity index is 743. The van der Waals surface area contributed by atoms with Crippen LogP contribution in [0.1, 0.15) is 61.7 Å². The Kier molecular flexibility index (Phi) is 5.69. The summed E-state index contributed by atoms with van der Waals surface area (Å²) in [5.41, 5.74) is 0.295. The Morgan fingerprint density at radius 3 is 2.81 bits per heavy atom. The highest BCUT2D eigenvalue weighted by atomic mass is 32.2. The van der Waals surface area contributed by atoms with Crippen LogP contribution in [-0.2, 0) is 14.8 Å². The molecule has 9 heteroatoms. The molecule has 8 nitrogen and oxygen atoms in total. The number of hydrogen-bond acceptors (Lipinski definition) is 6. The number of amides is 1. The van der Waals surface area contributed by atoms with E-state index in [1.165, 1.54) is 11.4 Å². The summed E-state index contributed by atoms with van der Waals surface area (Å²) in [6.07, 6.45) is 3.31. The first-order valence-corrected chi connectivity index (χ1v) is 10.6. The van der Waals surface area contributed by atoms with Gasteiger partial charge >= 0.3 is 0 Å². The molecule has 2 heterocycles. The molecular weight excluding hydrogens is 358 g/mol. The van der Waals surface area contributed by atoms with E-state index in [9.17, 15) is 13.2 Å². The van der Waals surface area contributed by atoms with Gasteiger partial charge in [0.25, 0.3) is 5.91 Å². The van der Waals surface area contributed by atoms with Gasteiger partial charge in [0.05, 0.1) is 11.9 Å². The molecule has 0 radical (unpaired) electrons. The van der Waals surface area contributed by atoms with E-state index in [1.807, 2.05) is 6.92 Å². The van der Waals surface area contributed by atoms with Gasteiger partial charge in [-0.2, -0.15) is 4.31 Å². The van der Waals surface area contributed by atoms with Crippen molar-refractivity contribution in [2.24, 2.45) is 0 Å². The van der Waals surface area contributed by atoms with Gasteiger partial charge in [0.2, 0.25) is 10.0 Å². The molecule has 0 bridgehead atoms. The smallest absolute Gasteiger partial charge is 0.273 e. The predicted octanol–water partition coefficient (Wildman–Crippen LogP) is 1.50. The molecule has 1 aromatic heterocycles. The van der Waals surface area contributed by atoms with Crippen molar-refractivity contribution in [1.29, 1.82) is 0 Å². The lowest BCUT2D eigenvalue weighted by Gasteiger charge is -2.38. The first-order valence-electron chi connectivity index (χ1n) is 9.10. The molecule has 1 saturated heterocycles. The van der Waals surface area contributed by atoms with Gasteiger partial charge in [-0.3, -0.25) is 4.79 Å². The molecule has 1 saturated carbocycles. The van der Waals surface area contributed by atoms with E-state index in [-0.39, 0.29) is 24.6 Å². The monoisotopic (exact) mass is 385 g/mol. The second kappa shape index (κ2) is 7.66. The van der Waals surface area contributed by atoms with Crippen LogP contribution in [0.5, 0.6) is 0 Å². The highest BCUT2D eigenvalue weighted by Crippen LogP contribution is 2.40. The number of aromatic nitrogens is 1. The molecule has 0 aromatic carbocycles. The number of ether oxygens (including phenoxy) is 1. The molecule has 1 N–H and O–H groups in total. The van der Waals surface area contributed by atoms with E-state index in [1.54, 1.807) is 13.0 Å². The van der Waals surface area contributed by atoms with Crippen molar-refractivity contribution in [3.05, 3.63) is 17.5 Å². The fourth-order valence-corrected chi connectivity index (χ4v) is 5.15. The number of piperidine rings is 1. The van der Waals surface area contributed by atoms with E-state index < -0.39 is 15.3 Å². The third-order valence-corrected chi connectivity index (χ3v) is 7.48. The average molecular weight is 385 g/mol. The van der Waals surface area contributed by atoms with Crippen molar-refractivity contribution >= 4 is 15.9 Å². The minimum atomic E-state index is -3.41. The number of nitrogens with one attached hydrogen (secondary N) is 1. The van der Waals surface area contributed by atoms with Gasteiger partial charge in [-0.25, -0.2) is 8.42 Å². The zero-order valence-corrected chi connectivity index (χ0v) is 16.3. The summed E-state index contributed by atoms with van der Waals surface area (Å²) < 4.78 is 37.0. The molecule has 2 aliphatic rings. The number of rotatable bonds is 7. The topological polar surface area (TPSA) is 102 Å². The first kappa shape index (κ1) is 19.3. The predicted molar refractivity (Wildman–Crippen MR) is 95.4 cm³/mol. The van der Waals surface area contributed by atoms with Crippen molar-refractivity contribution in [1.82, 2.24) is 14.8 Å². The van der Waals surface area contributed by atoms with Crippen LogP contribution >= 0.6 is 0 Å². The van der Waals surface area contributed by atoms with Crippen molar-refractivity contribution in [3.8, 4) is 0 Å².